The summed E-state index contributed by atoms with van der Waals surface area (Å²) in [5.41, 5.74) is 0.490. The van der Waals surface area contributed by atoms with Crippen molar-refractivity contribution in [3.8, 4) is 0 Å². The van der Waals surface area contributed by atoms with Crippen LogP contribution in [0.1, 0.15) is 156 Å². The molecule has 12 nitrogen and oxygen atoms in total. The van der Waals surface area contributed by atoms with Gasteiger partial charge in [0.2, 0.25) is 10.2 Å². The van der Waals surface area contributed by atoms with Crippen LogP contribution in [-0.4, -0.2) is 47.3 Å². The lowest BCUT2D eigenvalue weighted by Crippen LogP contribution is -2.36. The van der Waals surface area contributed by atoms with Crippen molar-refractivity contribution in [1.82, 2.24) is 15.4 Å². The summed E-state index contributed by atoms with van der Waals surface area (Å²) in [5, 5.41) is 10.4. The monoisotopic (exact) mass is 712 g/mol. The van der Waals surface area contributed by atoms with Crippen LogP contribution in [0.4, 0.5) is 0 Å². The Morgan fingerprint density at radius 3 is 1.96 bits per heavy atom. The van der Waals surface area contributed by atoms with Gasteiger partial charge in [-0.05, 0) is 63.1 Å². The standard InChI is InChI=1S/C17H26N2O4S.C17H30N2O4S/c20-17(18-13-7-3-1-4-8-13)15-11-12-16(23-15)24(21,22)19-14-9-5-2-6-10-14;1-3-5-7-9-11-14-13-15(23-17(14)24(18,21)22)16(20)19-12-10-8-6-4-2/h11-14,19H,1-10H2,(H,18,20);13H,3-12H2,1-2H3,(H,19,20)(H2,18,21,22). The van der Waals surface area contributed by atoms with Gasteiger partial charge >= 0.3 is 0 Å². The molecule has 48 heavy (non-hydrogen) atoms. The molecule has 2 saturated carbocycles. The fraction of sp³-hybridized carbons (Fsp3) is 0.706. The molecule has 2 aromatic heterocycles. The first kappa shape index (κ1) is 39.8. The summed E-state index contributed by atoms with van der Waals surface area (Å²) < 4.78 is 61.4. The summed E-state index contributed by atoms with van der Waals surface area (Å²) >= 11 is 0. The average Bonchev–Trinajstić information content (AvgIpc) is 3.74. The van der Waals surface area contributed by atoms with Crippen molar-refractivity contribution in [1.29, 1.82) is 0 Å². The number of unbranched alkanes of at least 4 members (excludes halogenated alkanes) is 6. The van der Waals surface area contributed by atoms with Gasteiger partial charge in [-0.15, -0.1) is 0 Å². The van der Waals surface area contributed by atoms with Crippen LogP contribution in [-0.2, 0) is 26.5 Å². The second kappa shape index (κ2) is 20.1. The van der Waals surface area contributed by atoms with Crippen LogP contribution >= 0.6 is 0 Å². The largest absolute Gasteiger partial charge is 0.438 e. The minimum absolute atomic E-state index is 0.0139. The van der Waals surface area contributed by atoms with Crippen LogP contribution in [0, 0.1) is 0 Å². The van der Waals surface area contributed by atoms with Gasteiger partial charge < -0.3 is 19.5 Å². The molecule has 2 amide bonds. The lowest BCUT2D eigenvalue weighted by Gasteiger charge is -2.22. The highest BCUT2D eigenvalue weighted by Gasteiger charge is 2.27. The zero-order chi connectivity index (χ0) is 35.0. The van der Waals surface area contributed by atoms with Crippen molar-refractivity contribution >= 4 is 31.9 Å². The number of sulfonamides is 2. The van der Waals surface area contributed by atoms with Crippen LogP contribution < -0.4 is 20.5 Å². The van der Waals surface area contributed by atoms with Gasteiger partial charge in [0.15, 0.2) is 11.5 Å². The molecule has 0 unspecified atom stereocenters. The van der Waals surface area contributed by atoms with Crippen molar-refractivity contribution in [2.75, 3.05) is 6.54 Å². The van der Waals surface area contributed by atoms with Crippen molar-refractivity contribution < 1.29 is 35.3 Å². The highest BCUT2D eigenvalue weighted by molar-refractivity contribution is 7.89. The van der Waals surface area contributed by atoms with E-state index in [1.165, 1.54) is 24.6 Å². The van der Waals surface area contributed by atoms with E-state index in [4.69, 9.17) is 14.0 Å². The van der Waals surface area contributed by atoms with Crippen LogP contribution in [0.15, 0.2) is 37.2 Å². The maximum atomic E-state index is 12.4. The predicted molar refractivity (Wildman–Crippen MR) is 185 cm³/mol. The number of nitrogens with two attached hydrogens (primary N) is 1. The number of carbonyl (C=O) groups excluding carboxylic acids is 2. The molecule has 5 N–H and O–H groups in total. The quantitative estimate of drug-likeness (QED) is 0.137. The van der Waals surface area contributed by atoms with E-state index in [1.807, 2.05) is 0 Å². The van der Waals surface area contributed by atoms with Crippen LogP contribution in [0.25, 0.3) is 0 Å². The number of furan rings is 2. The number of rotatable bonds is 17. The van der Waals surface area contributed by atoms with E-state index in [2.05, 4.69) is 29.2 Å². The van der Waals surface area contributed by atoms with E-state index >= 15 is 0 Å². The first-order valence-electron chi connectivity index (χ1n) is 17.8. The van der Waals surface area contributed by atoms with E-state index in [0.717, 1.165) is 109 Å². The molecule has 0 spiro atoms. The SMILES string of the molecule is CCCCCCNC(=O)c1cc(CCCCCC)c(S(N)(=O)=O)o1.O=C(NC1CCCCC1)c1ccc(S(=O)(=O)NC2CCCCC2)o1. The lowest BCUT2D eigenvalue weighted by atomic mass is 9.95. The zero-order valence-electron chi connectivity index (χ0n) is 28.7. The second-order valence-electron chi connectivity index (χ2n) is 13.0. The fourth-order valence-corrected chi connectivity index (χ4v) is 8.08. The van der Waals surface area contributed by atoms with Gasteiger partial charge in [-0.2, -0.15) is 0 Å². The molecular weight excluding hydrogens is 657 g/mol. The Bertz CT molecular complexity index is 1490. The van der Waals surface area contributed by atoms with E-state index in [0.29, 0.717) is 18.5 Å². The van der Waals surface area contributed by atoms with Gasteiger partial charge in [0.1, 0.15) is 0 Å². The number of carbonyl (C=O) groups is 2. The van der Waals surface area contributed by atoms with Crippen LogP contribution in [0.2, 0.25) is 0 Å². The molecular formula is C34H56N4O8S2. The predicted octanol–water partition coefficient (Wildman–Crippen LogP) is 6.31. The van der Waals surface area contributed by atoms with E-state index in [1.54, 1.807) is 0 Å². The molecule has 0 aromatic carbocycles. The first-order valence-corrected chi connectivity index (χ1v) is 20.8. The van der Waals surface area contributed by atoms with Crippen molar-refractivity contribution in [3.63, 3.8) is 0 Å². The number of amides is 2. The zero-order valence-corrected chi connectivity index (χ0v) is 30.3. The fourth-order valence-electron chi connectivity index (χ4n) is 6.11. The normalized spacial score (nSPS) is 16.2. The summed E-state index contributed by atoms with van der Waals surface area (Å²) in [6.45, 7) is 4.78. The summed E-state index contributed by atoms with van der Waals surface area (Å²) in [6.07, 6.45) is 19.1. The van der Waals surface area contributed by atoms with Crippen LogP contribution in [0.3, 0.4) is 0 Å². The maximum absolute atomic E-state index is 12.4. The topological polar surface area (TPSA) is 191 Å². The van der Waals surface area contributed by atoms with Gasteiger partial charge in [-0.25, -0.2) is 26.7 Å². The third-order valence-electron chi connectivity index (χ3n) is 8.81. The Hall–Kier alpha value is -2.68. The number of aryl methyl sites for hydroxylation is 1. The van der Waals surface area contributed by atoms with Gasteiger partial charge in [0, 0.05) is 24.2 Å². The Kier molecular flexibility index (Phi) is 16.7. The average molecular weight is 713 g/mol. The second-order valence-corrected chi connectivity index (χ2v) is 16.1. The summed E-state index contributed by atoms with van der Waals surface area (Å²) in [6, 6.07) is 4.44. The molecule has 14 heteroatoms. The Morgan fingerprint density at radius 2 is 1.35 bits per heavy atom. The summed E-state index contributed by atoms with van der Waals surface area (Å²) in [4.78, 5) is 24.3. The third kappa shape index (κ3) is 13.3. The molecule has 272 valence electrons. The third-order valence-corrected chi connectivity index (χ3v) is 11.1. The van der Waals surface area contributed by atoms with Crippen LogP contribution in [0.5, 0.6) is 0 Å². The van der Waals surface area contributed by atoms with E-state index in [9.17, 15) is 26.4 Å². The molecule has 2 fully saturated rings. The molecule has 0 saturated heterocycles. The van der Waals surface area contributed by atoms with Gasteiger partial charge in [0.25, 0.3) is 31.9 Å². The minimum atomic E-state index is -3.97. The number of primary sulfonamides is 1. The maximum Gasteiger partial charge on any atom is 0.287 e. The Morgan fingerprint density at radius 1 is 0.750 bits per heavy atom. The highest BCUT2D eigenvalue weighted by atomic mass is 32.2. The molecule has 2 aromatic rings. The Labute approximate surface area is 286 Å². The van der Waals surface area contributed by atoms with Gasteiger partial charge in [0.05, 0.1) is 0 Å². The van der Waals surface area contributed by atoms with Gasteiger partial charge in [-0.1, -0.05) is 90.9 Å². The molecule has 0 bridgehead atoms. The van der Waals surface area contributed by atoms with Crippen molar-refractivity contribution in [2.45, 2.75) is 158 Å². The molecule has 4 rings (SSSR count). The number of hydrogen-bond acceptors (Lipinski definition) is 8. The number of nitrogens with one attached hydrogen (secondary N) is 3. The molecule has 0 atom stereocenters. The summed E-state index contributed by atoms with van der Waals surface area (Å²) in [5.74, 6) is -0.651. The number of hydrogen-bond donors (Lipinski definition) is 4. The summed E-state index contributed by atoms with van der Waals surface area (Å²) in [7, 11) is -7.67. The molecule has 2 aliphatic carbocycles. The van der Waals surface area contributed by atoms with E-state index in [-0.39, 0.29) is 39.7 Å². The highest BCUT2D eigenvalue weighted by Crippen LogP contribution is 2.24. The Balaban J connectivity index is 0.000000260. The molecule has 0 radical (unpaired) electrons. The van der Waals surface area contributed by atoms with Gasteiger partial charge in [-0.3, -0.25) is 9.59 Å². The first-order chi connectivity index (χ1) is 22.9. The minimum Gasteiger partial charge on any atom is -0.438 e. The molecule has 2 aliphatic rings. The van der Waals surface area contributed by atoms with Crippen molar-refractivity contribution in [3.05, 3.63) is 35.3 Å². The van der Waals surface area contributed by atoms with E-state index < -0.39 is 26.0 Å². The lowest BCUT2D eigenvalue weighted by molar-refractivity contribution is 0.0892. The smallest absolute Gasteiger partial charge is 0.287 e. The van der Waals surface area contributed by atoms with Crippen molar-refractivity contribution in [2.24, 2.45) is 5.14 Å². The molecule has 0 aliphatic heterocycles. The molecule has 2 heterocycles.